The Hall–Kier alpha value is -1.48. The number of ketones is 1. The van der Waals surface area contributed by atoms with Crippen molar-refractivity contribution < 1.29 is 4.79 Å². The lowest BCUT2D eigenvalue weighted by Gasteiger charge is -2.06. The topological polar surface area (TPSA) is 30.0 Å². The number of nitrogens with zero attached hydrogens (tertiary/aromatic N) is 1. The number of aromatic nitrogens is 1. The van der Waals surface area contributed by atoms with Crippen LogP contribution < -0.4 is 0 Å². The largest absolute Gasteiger partial charge is 0.293 e. The Morgan fingerprint density at radius 1 is 1.18 bits per heavy atom. The van der Waals surface area contributed by atoms with Gasteiger partial charge in [0, 0.05) is 12.0 Å². The van der Waals surface area contributed by atoms with E-state index in [9.17, 15) is 4.79 Å². The van der Waals surface area contributed by atoms with Gasteiger partial charge >= 0.3 is 0 Å². The highest BCUT2D eigenvalue weighted by atomic mass is 32.1. The van der Waals surface area contributed by atoms with Crippen molar-refractivity contribution in [3.8, 4) is 10.6 Å². The number of fused-ring (bicyclic) bond motifs is 1. The van der Waals surface area contributed by atoms with E-state index in [4.69, 9.17) is 0 Å². The molecule has 0 bridgehead atoms. The summed E-state index contributed by atoms with van der Waals surface area (Å²) in [5.41, 5.74) is 3.36. The Morgan fingerprint density at radius 3 is 2.65 bits per heavy atom. The van der Waals surface area contributed by atoms with Crippen LogP contribution in [0.25, 0.3) is 10.6 Å². The monoisotopic (exact) mass is 243 g/mol. The van der Waals surface area contributed by atoms with Gasteiger partial charge in [-0.2, -0.15) is 0 Å². The fourth-order valence-electron chi connectivity index (χ4n) is 2.09. The molecule has 0 amide bonds. The minimum Gasteiger partial charge on any atom is -0.293 e. The molecule has 0 aliphatic heterocycles. The highest BCUT2D eigenvalue weighted by Crippen LogP contribution is 2.32. The van der Waals surface area contributed by atoms with Crippen molar-refractivity contribution in [2.75, 3.05) is 0 Å². The van der Waals surface area contributed by atoms with E-state index in [0.29, 0.717) is 6.42 Å². The second kappa shape index (κ2) is 4.08. The Bertz CT molecular complexity index is 568. The summed E-state index contributed by atoms with van der Waals surface area (Å²) in [7, 11) is 0. The number of carbonyl (C=O) groups excluding carboxylic acids is 1. The van der Waals surface area contributed by atoms with Crippen molar-refractivity contribution in [2.45, 2.75) is 26.2 Å². The van der Waals surface area contributed by atoms with Crippen molar-refractivity contribution in [3.05, 3.63) is 40.4 Å². The van der Waals surface area contributed by atoms with Crippen LogP contribution in [0.4, 0.5) is 0 Å². The van der Waals surface area contributed by atoms with Crippen LogP contribution in [-0.2, 0) is 6.42 Å². The summed E-state index contributed by atoms with van der Waals surface area (Å²) in [6.07, 6.45) is 2.58. The first-order chi connectivity index (χ1) is 8.24. The lowest BCUT2D eigenvalue weighted by molar-refractivity contribution is 0.0976. The number of benzene rings is 1. The van der Waals surface area contributed by atoms with E-state index in [-0.39, 0.29) is 5.78 Å². The van der Waals surface area contributed by atoms with E-state index in [1.54, 1.807) is 11.3 Å². The molecular weight excluding hydrogens is 230 g/mol. The van der Waals surface area contributed by atoms with Gasteiger partial charge in [0.05, 0.1) is 10.6 Å². The number of carbonyl (C=O) groups is 1. The summed E-state index contributed by atoms with van der Waals surface area (Å²) in [4.78, 5) is 17.2. The summed E-state index contributed by atoms with van der Waals surface area (Å²) in [5, 5.41) is 0.977. The maximum Gasteiger partial charge on any atom is 0.174 e. The number of aryl methyl sites for hydroxylation is 2. The molecule has 1 aromatic carbocycles. The van der Waals surface area contributed by atoms with Gasteiger partial charge in [-0.3, -0.25) is 4.79 Å². The molecule has 0 spiro atoms. The zero-order valence-electron chi connectivity index (χ0n) is 9.69. The first-order valence-corrected chi connectivity index (χ1v) is 6.65. The van der Waals surface area contributed by atoms with Crippen LogP contribution in [0.5, 0.6) is 0 Å². The predicted molar refractivity (Wildman–Crippen MR) is 69.6 cm³/mol. The SMILES string of the molecule is Cc1ccc(-c2nc3c(s2)C(=O)CCC3)cc1. The van der Waals surface area contributed by atoms with Crippen LogP contribution in [-0.4, -0.2) is 10.8 Å². The number of hydrogen-bond donors (Lipinski definition) is 0. The molecule has 0 fully saturated rings. The third-order valence-electron chi connectivity index (χ3n) is 3.07. The maximum atomic E-state index is 11.8. The van der Waals surface area contributed by atoms with Crippen LogP contribution in [0.15, 0.2) is 24.3 Å². The van der Waals surface area contributed by atoms with Gasteiger partial charge in [0.2, 0.25) is 0 Å². The van der Waals surface area contributed by atoms with Gasteiger partial charge in [-0.15, -0.1) is 11.3 Å². The zero-order valence-corrected chi connectivity index (χ0v) is 10.5. The molecule has 3 heteroatoms. The van der Waals surface area contributed by atoms with Crippen LogP contribution >= 0.6 is 11.3 Å². The smallest absolute Gasteiger partial charge is 0.174 e. The predicted octanol–water partition coefficient (Wildman–Crippen LogP) is 3.64. The summed E-state index contributed by atoms with van der Waals surface area (Å²) in [6, 6.07) is 8.31. The molecule has 0 saturated heterocycles. The van der Waals surface area contributed by atoms with Gasteiger partial charge in [0.25, 0.3) is 0 Å². The Labute approximate surface area is 104 Å². The lowest BCUT2D eigenvalue weighted by Crippen LogP contribution is -2.07. The number of hydrogen-bond acceptors (Lipinski definition) is 3. The third-order valence-corrected chi connectivity index (χ3v) is 4.25. The fourth-order valence-corrected chi connectivity index (χ4v) is 3.17. The summed E-state index contributed by atoms with van der Waals surface area (Å²) in [6.45, 7) is 2.07. The van der Waals surface area contributed by atoms with E-state index in [1.165, 1.54) is 5.56 Å². The standard InChI is InChI=1S/C14H13NOS/c1-9-5-7-10(8-6-9)14-15-11-3-2-4-12(16)13(11)17-14/h5-8H,2-4H2,1H3. The minimum atomic E-state index is 0.266. The Kier molecular flexibility index (Phi) is 2.56. The molecule has 0 unspecified atom stereocenters. The minimum absolute atomic E-state index is 0.266. The molecule has 1 heterocycles. The molecular formula is C14H13NOS. The van der Waals surface area contributed by atoms with Crippen molar-refractivity contribution in [2.24, 2.45) is 0 Å². The van der Waals surface area contributed by atoms with E-state index in [2.05, 4.69) is 36.2 Å². The first-order valence-electron chi connectivity index (χ1n) is 5.84. The normalized spacial score (nSPS) is 14.8. The van der Waals surface area contributed by atoms with Gasteiger partial charge < -0.3 is 0 Å². The van der Waals surface area contributed by atoms with Gasteiger partial charge in [-0.05, 0) is 19.8 Å². The fraction of sp³-hybridized carbons (Fsp3) is 0.286. The van der Waals surface area contributed by atoms with Crippen LogP contribution in [0.1, 0.15) is 33.8 Å². The summed E-state index contributed by atoms with van der Waals surface area (Å²) >= 11 is 1.54. The Morgan fingerprint density at radius 2 is 1.94 bits per heavy atom. The van der Waals surface area contributed by atoms with Crippen molar-refractivity contribution >= 4 is 17.1 Å². The molecule has 1 aliphatic rings. The maximum absolute atomic E-state index is 11.8. The molecule has 86 valence electrons. The molecule has 2 aromatic rings. The van der Waals surface area contributed by atoms with Gasteiger partial charge in [0.1, 0.15) is 5.01 Å². The van der Waals surface area contributed by atoms with Gasteiger partial charge in [-0.25, -0.2) is 4.98 Å². The van der Waals surface area contributed by atoms with E-state index in [0.717, 1.165) is 34.0 Å². The van der Waals surface area contributed by atoms with E-state index >= 15 is 0 Å². The van der Waals surface area contributed by atoms with E-state index < -0.39 is 0 Å². The van der Waals surface area contributed by atoms with E-state index in [1.807, 2.05) is 0 Å². The molecule has 0 saturated carbocycles. The third kappa shape index (κ3) is 1.91. The molecule has 2 nitrogen and oxygen atoms in total. The average Bonchev–Trinajstić information content (AvgIpc) is 2.75. The zero-order chi connectivity index (χ0) is 11.8. The van der Waals surface area contributed by atoms with Crippen molar-refractivity contribution in [1.82, 2.24) is 4.98 Å². The number of Topliss-reactive ketones (excluding diaryl/α,β-unsaturated/α-hetero) is 1. The average molecular weight is 243 g/mol. The molecule has 0 radical (unpaired) electrons. The highest BCUT2D eigenvalue weighted by Gasteiger charge is 2.22. The molecule has 17 heavy (non-hydrogen) atoms. The van der Waals surface area contributed by atoms with Crippen LogP contribution in [0.3, 0.4) is 0 Å². The Balaban J connectivity index is 2.05. The lowest BCUT2D eigenvalue weighted by atomic mass is 10.0. The van der Waals surface area contributed by atoms with Gasteiger partial charge in [0.15, 0.2) is 5.78 Å². The van der Waals surface area contributed by atoms with Crippen LogP contribution in [0, 0.1) is 6.92 Å². The highest BCUT2D eigenvalue weighted by molar-refractivity contribution is 7.17. The molecule has 1 aromatic heterocycles. The number of thiazole rings is 1. The quantitative estimate of drug-likeness (QED) is 0.765. The molecule has 1 aliphatic carbocycles. The molecule has 0 N–H and O–H groups in total. The second-order valence-corrected chi connectivity index (χ2v) is 5.44. The number of rotatable bonds is 1. The van der Waals surface area contributed by atoms with Gasteiger partial charge in [-0.1, -0.05) is 29.8 Å². The molecule has 0 atom stereocenters. The van der Waals surface area contributed by atoms with Crippen molar-refractivity contribution in [1.29, 1.82) is 0 Å². The molecule has 3 rings (SSSR count). The van der Waals surface area contributed by atoms with Crippen LogP contribution in [0.2, 0.25) is 0 Å². The second-order valence-electron chi connectivity index (χ2n) is 4.44. The summed E-state index contributed by atoms with van der Waals surface area (Å²) in [5.74, 6) is 0.266. The van der Waals surface area contributed by atoms with Crippen molar-refractivity contribution in [3.63, 3.8) is 0 Å². The first kappa shape index (κ1) is 10.7. The summed E-state index contributed by atoms with van der Waals surface area (Å²) < 4.78 is 0.